The van der Waals surface area contributed by atoms with Crippen LogP contribution >= 0.6 is 0 Å². The summed E-state index contributed by atoms with van der Waals surface area (Å²) in [5, 5.41) is 15.9. The summed E-state index contributed by atoms with van der Waals surface area (Å²) in [5.41, 5.74) is 0.935. The van der Waals surface area contributed by atoms with Gasteiger partial charge in [0.1, 0.15) is 0 Å². The van der Waals surface area contributed by atoms with E-state index >= 15 is 0 Å². The fraction of sp³-hybridized carbons (Fsp3) is 0.273. The molecule has 0 bridgehead atoms. The monoisotopic (exact) mass is 298 g/mol. The number of nitrogens with one attached hydrogen (secondary N) is 2. The van der Waals surface area contributed by atoms with Gasteiger partial charge in [-0.25, -0.2) is 0 Å². The molecule has 0 saturated carbocycles. The molecule has 108 valence electrons. The van der Waals surface area contributed by atoms with Crippen LogP contribution in [0.2, 0.25) is 0 Å². The summed E-state index contributed by atoms with van der Waals surface area (Å²) in [4.78, 5) is 10.5. The molecule has 0 saturated heterocycles. The lowest BCUT2D eigenvalue weighted by Crippen LogP contribution is -2.34. The highest BCUT2D eigenvalue weighted by atomic mass is 32.2. The van der Waals surface area contributed by atoms with Gasteiger partial charge in [0.05, 0.1) is 23.8 Å². The summed E-state index contributed by atoms with van der Waals surface area (Å²) in [6, 6.07) is 5.10. The Morgan fingerprint density at radius 2 is 2.25 bits per heavy atom. The predicted octanol–water partition coefficient (Wildman–Crippen LogP) is 0.626. The van der Waals surface area contributed by atoms with Crippen LogP contribution in [0.4, 0.5) is 5.69 Å². The molecule has 1 heterocycles. The summed E-state index contributed by atoms with van der Waals surface area (Å²) in [6.45, 7) is -0.108. The molecule has 20 heavy (non-hydrogen) atoms. The molecule has 0 fully saturated rings. The summed E-state index contributed by atoms with van der Waals surface area (Å²) in [5.74, 6) is -1.05. The number of carboxylic acid groups (broad SMARTS) is 1. The first-order chi connectivity index (χ1) is 9.40. The predicted molar refractivity (Wildman–Crippen MR) is 73.5 cm³/mol. The van der Waals surface area contributed by atoms with Crippen molar-refractivity contribution in [1.29, 1.82) is 0 Å². The topological polar surface area (TPSA) is 115 Å². The standard InChI is InChI=1S/C11H14N4O4S/c1-15(6-5-10(16)17)20(18,19)14-9-4-2-3-8-7-12-13-11(8)9/h2-4,7,14H,5-6H2,1H3,(H,12,13)(H,16,17). The first kappa shape index (κ1) is 14.3. The molecule has 1 aromatic heterocycles. The van der Waals surface area contributed by atoms with Crippen LogP contribution in [0, 0.1) is 0 Å². The van der Waals surface area contributed by atoms with Crippen LogP contribution in [-0.4, -0.2) is 47.6 Å². The minimum atomic E-state index is -3.81. The lowest BCUT2D eigenvalue weighted by molar-refractivity contribution is -0.137. The van der Waals surface area contributed by atoms with Crippen LogP contribution in [0.25, 0.3) is 10.9 Å². The summed E-state index contributed by atoms with van der Waals surface area (Å²) < 4.78 is 27.5. The number of aromatic nitrogens is 2. The van der Waals surface area contributed by atoms with Crippen LogP contribution < -0.4 is 4.72 Å². The molecular weight excluding hydrogens is 284 g/mol. The first-order valence-corrected chi connectivity index (χ1v) is 7.22. The number of hydrogen-bond acceptors (Lipinski definition) is 4. The molecule has 0 aliphatic rings. The van der Waals surface area contributed by atoms with E-state index in [2.05, 4.69) is 14.9 Å². The van der Waals surface area contributed by atoms with Crippen LogP contribution in [-0.2, 0) is 15.0 Å². The highest BCUT2D eigenvalue weighted by Crippen LogP contribution is 2.21. The van der Waals surface area contributed by atoms with Gasteiger partial charge in [0.25, 0.3) is 0 Å². The van der Waals surface area contributed by atoms with Crippen molar-refractivity contribution in [3.63, 3.8) is 0 Å². The first-order valence-electron chi connectivity index (χ1n) is 5.78. The third-order valence-electron chi connectivity index (χ3n) is 2.77. The number of carboxylic acids is 1. The lowest BCUT2D eigenvalue weighted by Gasteiger charge is -2.17. The van der Waals surface area contributed by atoms with Crippen molar-refractivity contribution in [1.82, 2.24) is 14.5 Å². The van der Waals surface area contributed by atoms with Crippen molar-refractivity contribution in [2.24, 2.45) is 0 Å². The number of aromatic amines is 1. The summed E-state index contributed by atoms with van der Waals surface area (Å²) >= 11 is 0. The van der Waals surface area contributed by atoms with Gasteiger partial charge in [0.2, 0.25) is 0 Å². The van der Waals surface area contributed by atoms with E-state index in [1.54, 1.807) is 24.4 Å². The highest BCUT2D eigenvalue weighted by molar-refractivity contribution is 7.90. The van der Waals surface area contributed by atoms with Gasteiger partial charge >= 0.3 is 16.2 Å². The Bertz CT molecular complexity index is 725. The molecule has 8 nitrogen and oxygen atoms in total. The van der Waals surface area contributed by atoms with Crippen LogP contribution in [0.3, 0.4) is 0 Å². The zero-order valence-electron chi connectivity index (χ0n) is 10.7. The van der Waals surface area contributed by atoms with Gasteiger partial charge in [-0.1, -0.05) is 12.1 Å². The molecule has 0 aliphatic heterocycles. The number of H-pyrrole nitrogens is 1. The van der Waals surface area contributed by atoms with Gasteiger partial charge in [0.15, 0.2) is 0 Å². The maximum absolute atomic E-state index is 12.1. The number of hydrogen-bond donors (Lipinski definition) is 3. The van der Waals surface area contributed by atoms with E-state index < -0.39 is 16.2 Å². The molecule has 2 rings (SSSR count). The van der Waals surface area contributed by atoms with E-state index in [0.717, 1.165) is 9.69 Å². The number of anilines is 1. The lowest BCUT2D eigenvalue weighted by atomic mass is 10.2. The maximum Gasteiger partial charge on any atom is 0.304 e. The van der Waals surface area contributed by atoms with Crippen molar-refractivity contribution in [2.75, 3.05) is 18.3 Å². The van der Waals surface area contributed by atoms with E-state index in [0.29, 0.717) is 11.2 Å². The Labute approximate surface area is 115 Å². The Morgan fingerprint density at radius 3 is 2.95 bits per heavy atom. The minimum absolute atomic E-state index is 0.108. The van der Waals surface area contributed by atoms with Crippen LogP contribution in [0.1, 0.15) is 6.42 Å². The molecule has 3 N–H and O–H groups in total. The third kappa shape index (κ3) is 3.06. The SMILES string of the molecule is CN(CCC(=O)O)S(=O)(=O)Nc1cccc2cn[nH]c12. The van der Waals surface area contributed by atoms with Gasteiger partial charge in [-0.05, 0) is 6.07 Å². The fourth-order valence-electron chi connectivity index (χ4n) is 1.64. The zero-order valence-corrected chi connectivity index (χ0v) is 11.5. The summed E-state index contributed by atoms with van der Waals surface area (Å²) in [6.07, 6.45) is 1.33. The van der Waals surface area contributed by atoms with E-state index in [1.807, 2.05) is 0 Å². The number of carbonyl (C=O) groups is 1. The van der Waals surface area contributed by atoms with Crippen molar-refractivity contribution in [3.05, 3.63) is 24.4 Å². The van der Waals surface area contributed by atoms with Gasteiger partial charge in [0, 0.05) is 19.0 Å². The highest BCUT2D eigenvalue weighted by Gasteiger charge is 2.19. The summed E-state index contributed by atoms with van der Waals surface area (Å²) in [7, 11) is -2.49. The number of para-hydroxylation sites is 1. The molecule has 9 heteroatoms. The van der Waals surface area contributed by atoms with Gasteiger partial charge in [-0.3, -0.25) is 14.6 Å². The molecule has 0 aliphatic carbocycles. The molecule has 2 aromatic rings. The van der Waals surface area contributed by atoms with E-state index in [-0.39, 0.29) is 13.0 Å². The second kappa shape index (κ2) is 5.47. The number of aliphatic carboxylic acids is 1. The van der Waals surface area contributed by atoms with Gasteiger partial charge in [-0.15, -0.1) is 0 Å². The molecular formula is C11H14N4O4S. The van der Waals surface area contributed by atoms with Crippen molar-refractivity contribution < 1.29 is 18.3 Å². The van der Waals surface area contributed by atoms with Crippen LogP contribution in [0.15, 0.2) is 24.4 Å². The second-order valence-electron chi connectivity index (χ2n) is 4.21. The number of rotatable bonds is 6. The Kier molecular flexibility index (Phi) is 3.91. The van der Waals surface area contributed by atoms with E-state index in [9.17, 15) is 13.2 Å². The van der Waals surface area contributed by atoms with Crippen LogP contribution in [0.5, 0.6) is 0 Å². The maximum atomic E-state index is 12.1. The minimum Gasteiger partial charge on any atom is -0.481 e. The average Bonchev–Trinajstić information content (AvgIpc) is 2.84. The Hall–Kier alpha value is -2.13. The molecule has 0 spiro atoms. The van der Waals surface area contributed by atoms with Crippen molar-refractivity contribution in [3.8, 4) is 0 Å². The third-order valence-corrected chi connectivity index (χ3v) is 4.25. The van der Waals surface area contributed by atoms with Crippen molar-refractivity contribution in [2.45, 2.75) is 6.42 Å². The number of fused-ring (bicyclic) bond motifs is 1. The molecule has 0 atom stereocenters. The second-order valence-corrected chi connectivity index (χ2v) is 5.99. The molecule has 0 unspecified atom stereocenters. The largest absolute Gasteiger partial charge is 0.481 e. The normalized spacial score (nSPS) is 11.9. The molecule has 1 aromatic carbocycles. The van der Waals surface area contributed by atoms with Crippen molar-refractivity contribution >= 4 is 32.8 Å². The molecule has 0 radical (unpaired) electrons. The van der Waals surface area contributed by atoms with E-state index in [4.69, 9.17) is 5.11 Å². The zero-order chi connectivity index (χ0) is 14.8. The quantitative estimate of drug-likeness (QED) is 0.723. The average molecular weight is 298 g/mol. The smallest absolute Gasteiger partial charge is 0.304 e. The van der Waals surface area contributed by atoms with Gasteiger partial charge < -0.3 is 5.11 Å². The van der Waals surface area contributed by atoms with Gasteiger partial charge in [-0.2, -0.15) is 17.8 Å². The fourth-order valence-corrected chi connectivity index (χ4v) is 2.58. The molecule has 0 amide bonds. The Balaban J connectivity index is 2.19. The van der Waals surface area contributed by atoms with E-state index in [1.165, 1.54) is 7.05 Å². The number of benzene rings is 1. The number of nitrogens with zero attached hydrogens (tertiary/aromatic N) is 2. The Morgan fingerprint density at radius 1 is 1.50 bits per heavy atom.